The van der Waals surface area contributed by atoms with Crippen LogP contribution < -0.4 is 11.1 Å². The molecule has 0 saturated heterocycles. The van der Waals surface area contributed by atoms with E-state index in [2.05, 4.69) is 5.32 Å². The fourth-order valence-electron chi connectivity index (χ4n) is 1.99. The molecule has 0 aliphatic heterocycles. The molecule has 1 saturated carbocycles. The van der Waals surface area contributed by atoms with Crippen LogP contribution in [-0.4, -0.2) is 22.5 Å². The van der Waals surface area contributed by atoms with Crippen LogP contribution in [0.1, 0.15) is 29.6 Å². The Morgan fingerprint density at radius 3 is 2.41 bits per heavy atom. The molecular formula is C12H14N2O3. The van der Waals surface area contributed by atoms with Crippen LogP contribution in [0.15, 0.2) is 24.3 Å². The van der Waals surface area contributed by atoms with Crippen molar-refractivity contribution in [3.05, 3.63) is 29.8 Å². The van der Waals surface area contributed by atoms with Crippen molar-refractivity contribution in [2.24, 2.45) is 5.73 Å². The van der Waals surface area contributed by atoms with Gasteiger partial charge < -0.3 is 16.2 Å². The number of primary amides is 1. The molecule has 0 heterocycles. The maximum atomic E-state index is 11.2. The number of hydrogen-bond acceptors (Lipinski definition) is 3. The highest BCUT2D eigenvalue weighted by molar-refractivity contribution is 5.99. The maximum Gasteiger partial charge on any atom is 0.329 e. The average molecular weight is 234 g/mol. The average Bonchev–Trinajstić information content (AvgIpc) is 2.23. The van der Waals surface area contributed by atoms with Crippen molar-refractivity contribution >= 4 is 17.6 Å². The fourth-order valence-corrected chi connectivity index (χ4v) is 1.99. The molecule has 2 rings (SSSR count). The molecule has 1 aromatic rings. The van der Waals surface area contributed by atoms with Crippen molar-refractivity contribution in [3.63, 3.8) is 0 Å². The lowest BCUT2D eigenvalue weighted by Gasteiger charge is -2.39. The number of carbonyl (C=O) groups is 2. The number of carbonyl (C=O) groups excluding carboxylic acids is 1. The van der Waals surface area contributed by atoms with E-state index in [0.717, 1.165) is 6.42 Å². The molecule has 17 heavy (non-hydrogen) atoms. The normalized spacial score (nSPS) is 16.9. The minimum atomic E-state index is -0.939. The molecule has 5 heteroatoms. The van der Waals surface area contributed by atoms with E-state index in [1.165, 1.54) is 0 Å². The van der Waals surface area contributed by atoms with Crippen molar-refractivity contribution in [2.75, 3.05) is 5.32 Å². The molecule has 1 fully saturated rings. The van der Waals surface area contributed by atoms with Gasteiger partial charge in [-0.1, -0.05) is 12.1 Å². The Balaban J connectivity index is 2.29. The summed E-state index contributed by atoms with van der Waals surface area (Å²) in [4.78, 5) is 22.4. The van der Waals surface area contributed by atoms with Gasteiger partial charge in [0.15, 0.2) is 0 Å². The van der Waals surface area contributed by atoms with E-state index in [0.29, 0.717) is 24.1 Å². The topological polar surface area (TPSA) is 92.4 Å². The third-order valence-corrected chi connectivity index (χ3v) is 3.18. The monoisotopic (exact) mass is 234 g/mol. The SMILES string of the molecule is NC(=O)c1ccccc1NC1(C(=O)O)CCC1. The van der Waals surface area contributed by atoms with Gasteiger partial charge in [0.2, 0.25) is 0 Å². The number of hydrogen-bond donors (Lipinski definition) is 3. The third kappa shape index (κ3) is 1.95. The lowest BCUT2D eigenvalue weighted by atomic mass is 9.76. The largest absolute Gasteiger partial charge is 0.480 e. The molecule has 0 unspecified atom stereocenters. The Morgan fingerprint density at radius 2 is 1.94 bits per heavy atom. The van der Waals surface area contributed by atoms with Crippen LogP contribution in [0.4, 0.5) is 5.69 Å². The summed E-state index contributed by atoms with van der Waals surface area (Å²) in [5.41, 5.74) is 5.11. The highest BCUT2D eigenvalue weighted by atomic mass is 16.4. The van der Waals surface area contributed by atoms with Crippen molar-refractivity contribution in [1.82, 2.24) is 0 Å². The van der Waals surface area contributed by atoms with Crippen LogP contribution >= 0.6 is 0 Å². The van der Waals surface area contributed by atoms with E-state index in [9.17, 15) is 14.7 Å². The number of nitrogens with two attached hydrogens (primary N) is 1. The van der Waals surface area contributed by atoms with Gasteiger partial charge in [-0.25, -0.2) is 4.79 Å². The predicted octanol–water partition coefficient (Wildman–Crippen LogP) is 1.20. The number of anilines is 1. The molecular weight excluding hydrogens is 220 g/mol. The van der Waals surface area contributed by atoms with Crippen molar-refractivity contribution in [2.45, 2.75) is 24.8 Å². The lowest BCUT2D eigenvalue weighted by Crippen LogP contribution is -2.52. The molecule has 0 radical (unpaired) electrons. The first-order valence-electron chi connectivity index (χ1n) is 5.45. The smallest absolute Gasteiger partial charge is 0.329 e. The number of para-hydroxylation sites is 1. The Kier molecular flexibility index (Phi) is 2.75. The quantitative estimate of drug-likeness (QED) is 0.730. The number of nitrogens with one attached hydrogen (secondary N) is 1. The van der Waals surface area contributed by atoms with Gasteiger partial charge in [0.25, 0.3) is 5.91 Å². The number of aliphatic carboxylic acids is 1. The van der Waals surface area contributed by atoms with Crippen LogP contribution in [0.2, 0.25) is 0 Å². The maximum absolute atomic E-state index is 11.2. The van der Waals surface area contributed by atoms with Gasteiger partial charge in [0.1, 0.15) is 5.54 Å². The molecule has 5 nitrogen and oxygen atoms in total. The number of amides is 1. The second-order valence-electron chi connectivity index (χ2n) is 4.28. The van der Waals surface area contributed by atoms with E-state index in [4.69, 9.17) is 5.73 Å². The molecule has 1 aliphatic carbocycles. The Bertz CT molecular complexity index is 467. The Labute approximate surface area is 98.6 Å². The van der Waals surface area contributed by atoms with E-state index >= 15 is 0 Å². The molecule has 4 N–H and O–H groups in total. The second kappa shape index (κ2) is 4.08. The van der Waals surface area contributed by atoms with Gasteiger partial charge in [-0.2, -0.15) is 0 Å². The lowest BCUT2D eigenvalue weighted by molar-refractivity contribution is -0.145. The third-order valence-electron chi connectivity index (χ3n) is 3.18. The molecule has 90 valence electrons. The van der Waals surface area contributed by atoms with Gasteiger partial charge in [0, 0.05) is 5.69 Å². The van der Waals surface area contributed by atoms with Crippen molar-refractivity contribution < 1.29 is 14.7 Å². The number of benzene rings is 1. The molecule has 0 spiro atoms. The van der Waals surface area contributed by atoms with Gasteiger partial charge in [-0.05, 0) is 31.4 Å². The van der Waals surface area contributed by atoms with Gasteiger partial charge in [0.05, 0.1) is 5.56 Å². The molecule has 0 atom stereocenters. The Morgan fingerprint density at radius 1 is 1.29 bits per heavy atom. The summed E-state index contributed by atoms with van der Waals surface area (Å²) in [5.74, 6) is -1.45. The minimum Gasteiger partial charge on any atom is -0.480 e. The zero-order valence-electron chi connectivity index (χ0n) is 9.27. The first-order chi connectivity index (χ1) is 8.05. The summed E-state index contributed by atoms with van der Waals surface area (Å²) in [6.07, 6.45) is 2.00. The van der Waals surface area contributed by atoms with Gasteiger partial charge >= 0.3 is 5.97 Å². The fraction of sp³-hybridized carbons (Fsp3) is 0.333. The highest BCUT2D eigenvalue weighted by Crippen LogP contribution is 2.36. The van der Waals surface area contributed by atoms with E-state index in [1.807, 2.05) is 0 Å². The number of rotatable bonds is 4. The zero-order chi connectivity index (χ0) is 12.5. The number of carboxylic acids is 1. The van der Waals surface area contributed by atoms with Crippen LogP contribution in [0, 0.1) is 0 Å². The van der Waals surface area contributed by atoms with Crippen LogP contribution in [-0.2, 0) is 4.79 Å². The molecule has 0 aromatic heterocycles. The number of carboxylic acid groups (broad SMARTS) is 1. The van der Waals surface area contributed by atoms with Crippen LogP contribution in [0.5, 0.6) is 0 Å². The van der Waals surface area contributed by atoms with E-state index in [-0.39, 0.29) is 0 Å². The highest BCUT2D eigenvalue weighted by Gasteiger charge is 2.44. The minimum absolute atomic E-state index is 0.319. The van der Waals surface area contributed by atoms with Crippen molar-refractivity contribution in [1.29, 1.82) is 0 Å². The predicted molar refractivity (Wildman–Crippen MR) is 62.8 cm³/mol. The van der Waals surface area contributed by atoms with E-state index in [1.54, 1.807) is 24.3 Å². The Hall–Kier alpha value is -2.04. The summed E-state index contributed by atoms with van der Waals surface area (Å²) < 4.78 is 0. The molecule has 1 amide bonds. The van der Waals surface area contributed by atoms with Gasteiger partial charge in [-0.15, -0.1) is 0 Å². The zero-order valence-corrected chi connectivity index (χ0v) is 9.27. The summed E-state index contributed by atoms with van der Waals surface area (Å²) in [7, 11) is 0. The summed E-state index contributed by atoms with van der Waals surface area (Å²) >= 11 is 0. The molecule has 0 bridgehead atoms. The summed E-state index contributed by atoms with van der Waals surface area (Å²) in [6.45, 7) is 0. The van der Waals surface area contributed by atoms with Crippen molar-refractivity contribution in [3.8, 4) is 0 Å². The van der Waals surface area contributed by atoms with Gasteiger partial charge in [-0.3, -0.25) is 4.79 Å². The first-order valence-corrected chi connectivity index (χ1v) is 5.45. The summed E-state index contributed by atoms with van der Waals surface area (Å²) in [5, 5.41) is 12.1. The van der Waals surface area contributed by atoms with Crippen LogP contribution in [0.3, 0.4) is 0 Å². The second-order valence-corrected chi connectivity index (χ2v) is 4.28. The van der Waals surface area contributed by atoms with E-state index < -0.39 is 17.4 Å². The molecule has 1 aromatic carbocycles. The standard InChI is InChI=1S/C12H14N2O3/c13-10(15)8-4-1-2-5-9(8)14-12(11(16)17)6-3-7-12/h1-2,4-5,14H,3,6-7H2,(H2,13,15)(H,16,17). The molecule has 1 aliphatic rings. The summed E-state index contributed by atoms with van der Waals surface area (Å²) in [6, 6.07) is 6.68. The van der Waals surface area contributed by atoms with Crippen LogP contribution in [0.25, 0.3) is 0 Å². The first kappa shape index (κ1) is 11.4.